The normalized spacial score (nSPS) is 10.2. The van der Waals surface area contributed by atoms with E-state index in [1.165, 1.54) is 7.11 Å². The van der Waals surface area contributed by atoms with Crippen LogP contribution in [-0.4, -0.2) is 7.11 Å². The maximum Gasteiger partial charge on any atom is 0.0745 e. The Kier molecular flexibility index (Phi) is 8.33. The van der Waals surface area contributed by atoms with Crippen LogP contribution in [0.25, 0.3) is 0 Å². The molecule has 0 amide bonds. The first-order chi connectivity index (χ1) is 4.91. The molecule has 0 fully saturated rings. The highest BCUT2D eigenvalue weighted by Crippen LogP contribution is 1.85. The molecule has 10 heavy (non-hydrogen) atoms. The smallest absolute Gasteiger partial charge is 0.0745 e. The predicted octanol–water partition coefficient (Wildman–Crippen LogP) is -0.972. The largest absolute Gasteiger partial charge is 0.207 e. The summed E-state index contributed by atoms with van der Waals surface area (Å²) in [5, 5.41) is 21.3. The van der Waals surface area contributed by atoms with Gasteiger partial charge in [-0.15, -0.1) is 4.99 Å². The number of hydrogen-bond donors (Lipinski definition) is 1. The van der Waals surface area contributed by atoms with Gasteiger partial charge in [0.1, 0.15) is 0 Å². The van der Waals surface area contributed by atoms with E-state index in [0.29, 0.717) is 0 Å². The van der Waals surface area contributed by atoms with E-state index in [4.69, 9.17) is 0 Å². The van der Waals surface area contributed by atoms with E-state index >= 15 is 0 Å². The van der Waals surface area contributed by atoms with Gasteiger partial charge in [-0.1, -0.05) is 0 Å². The molecule has 0 radical (unpaired) electrons. The second kappa shape index (κ2) is 8.64. The molecule has 0 rings (SSSR count). The van der Waals surface area contributed by atoms with Gasteiger partial charge in [0.25, 0.3) is 0 Å². The molecule has 2 N–H and O–H groups in total. The number of hydrogen-bond acceptors (Lipinski definition) is 9. The molecule has 0 heterocycles. The van der Waals surface area contributed by atoms with Gasteiger partial charge in [-0.25, -0.2) is 4.89 Å². The highest BCUT2D eigenvalue weighted by molar-refractivity contribution is 3.35. The monoisotopic (exact) mass is 159 g/mol. The summed E-state index contributed by atoms with van der Waals surface area (Å²) in [6, 6.07) is 0. The molecule has 0 bridgehead atoms. The summed E-state index contributed by atoms with van der Waals surface area (Å²) in [5.74, 6) is 4.29. The molecule has 0 unspecified atom stereocenters. The van der Waals surface area contributed by atoms with Gasteiger partial charge in [-0.2, -0.15) is 5.90 Å². The SMILES string of the molecule is COOOOOOOON. The molecule has 0 atom stereocenters. The lowest BCUT2D eigenvalue weighted by atomic mass is 11.8. The molecule has 0 aromatic heterocycles. The standard InChI is InChI=1S/CH5NO8/c1-3-5-7-9-10-8-6-4-2/h2H2,1H3. The van der Waals surface area contributed by atoms with Crippen LogP contribution >= 0.6 is 0 Å². The Balaban J connectivity index is 2.65. The van der Waals surface area contributed by atoms with Crippen LogP contribution < -0.4 is 5.90 Å². The highest BCUT2D eigenvalue weighted by atomic mass is 17.9. The molecule has 9 heteroatoms. The second-order valence-electron chi connectivity index (χ2n) is 0.671. The summed E-state index contributed by atoms with van der Waals surface area (Å²) in [4.78, 5) is 7.26. The van der Waals surface area contributed by atoms with Gasteiger partial charge in [0.15, 0.2) is 0 Å². The Labute approximate surface area is 54.4 Å². The molecule has 9 nitrogen and oxygen atoms in total. The Hall–Kier alpha value is -0.360. The van der Waals surface area contributed by atoms with Gasteiger partial charge in [0.2, 0.25) is 0 Å². The van der Waals surface area contributed by atoms with Crippen molar-refractivity contribution in [3.05, 3.63) is 0 Å². The molecule has 0 spiro atoms. The zero-order valence-electron chi connectivity index (χ0n) is 4.84. The topological polar surface area (TPSA) is 99.9 Å². The van der Waals surface area contributed by atoms with Gasteiger partial charge in [-0.3, -0.25) is 0 Å². The Morgan fingerprint density at radius 3 is 1.80 bits per heavy atom. The van der Waals surface area contributed by atoms with Crippen molar-refractivity contribution in [1.29, 1.82) is 0 Å². The van der Waals surface area contributed by atoms with Crippen molar-refractivity contribution in [2.24, 2.45) is 5.90 Å². The van der Waals surface area contributed by atoms with E-state index in [1.807, 2.05) is 0 Å². The molecule has 0 aliphatic heterocycles. The third-order valence-electron chi connectivity index (χ3n) is 0.246. The molecule has 62 valence electrons. The maximum absolute atomic E-state index is 4.29. The second-order valence-corrected chi connectivity index (χ2v) is 0.671. The fraction of sp³-hybridized carbons (Fsp3) is 1.00. The van der Waals surface area contributed by atoms with Crippen molar-refractivity contribution in [2.75, 3.05) is 7.11 Å². The van der Waals surface area contributed by atoms with Gasteiger partial charge < -0.3 is 0 Å². The maximum atomic E-state index is 4.29. The average molecular weight is 159 g/mol. The third-order valence-corrected chi connectivity index (χ3v) is 0.246. The average Bonchev–Trinajstić information content (AvgIpc) is 1.97. The summed E-state index contributed by atoms with van der Waals surface area (Å²) < 4.78 is 0. The fourth-order valence-corrected chi connectivity index (χ4v) is 0.0892. The van der Waals surface area contributed by atoms with Crippen LogP contribution in [0.2, 0.25) is 0 Å². The number of nitrogens with two attached hydrogens (primary N) is 1. The van der Waals surface area contributed by atoms with E-state index < -0.39 is 0 Å². The molecule has 0 saturated heterocycles. The first-order valence-electron chi connectivity index (χ1n) is 1.81. The van der Waals surface area contributed by atoms with Crippen molar-refractivity contribution in [3.63, 3.8) is 0 Å². The molecule has 0 aliphatic carbocycles. The minimum Gasteiger partial charge on any atom is -0.207 e. The van der Waals surface area contributed by atoms with Crippen LogP contribution in [0.4, 0.5) is 0 Å². The molecular weight excluding hydrogens is 154 g/mol. The van der Waals surface area contributed by atoms with E-state index in [-0.39, 0.29) is 0 Å². The molecule has 0 aliphatic rings. The van der Waals surface area contributed by atoms with E-state index in [1.54, 1.807) is 0 Å². The van der Waals surface area contributed by atoms with Gasteiger partial charge in [0, 0.05) is 0 Å². The van der Waals surface area contributed by atoms with Crippen molar-refractivity contribution in [1.82, 2.24) is 0 Å². The summed E-state index contributed by atoms with van der Waals surface area (Å²) in [6.45, 7) is 0. The highest BCUT2D eigenvalue weighted by Gasteiger charge is 1.90. The zero-order valence-corrected chi connectivity index (χ0v) is 4.84. The lowest BCUT2D eigenvalue weighted by molar-refractivity contribution is -0.813. The molecule has 0 saturated carbocycles. The van der Waals surface area contributed by atoms with Gasteiger partial charge in [-0.05, 0) is 30.2 Å². The summed E-state index contributed by atoms with van der Waals surface area (Å²) in [5.41, 5.74) is 0. The van der Waals surface area contributed by atoms with Crippen LogP contribution in [-0.2, 0) is 40.1 Å². The minimum atomic E-state index is 1.17. The molecule has 0 aromatic carbocycles. The lowest BCUT2D eigenvalue weighted by Gasteiger charge is -1.95. The zero-order chi connectivity index (χ0) is 7.66. The first kappa shape index (κ1) is 9.64. The van der Waals surface area contributed by atoms with Crippen LogP contribution in [0.3, 0.4) is 0 Å². The summed E-state index contributed by atoms with van der Waals surface area (Å²) in [7, 11) is 1.17. The fourth-order valence-electron chi connectivity index (χ4n) is 0.0892. The van der Waals surface area contributed by atoms with Crippen molar-refractivity contribution in [3.8, 4) is 0 Å². The molecular formula is CH5NO8. The quantitative estimate of drug-likeness (QED) is 0.285. The number of rotatable bonds is 7. The van der Waals surface area contributed by atoms with Crippen LogP contribution in [0.1, 0.15) is 0 Å². The Morgan fingerprint density at radius 1 is 0.800 bits per heavy atom. The Bertz CT molecular complexity index is 49.2. The van der Waals surface area contributed by atoms with Crippen molar-refractivity contribution >= 4 is 0 Å². The van der Waals surface area contributed by atoms with E-state index in [0.717, 1.165) is 0 Å². The predicted molar refractivity (Wildman–Crippen MR) is 18.8 cm³/mol. The lowest BCUT2D eigenvalue weighted by Crippen LogP contribution is -2.04. The Morgan fingerprint density at radius 2 is 1.30 bits per heavy atom. The third kappa shape index (κ3) is 7.64. The minimum absolute atomic E-state index is 1.17. The van der Waals surface area contributed by atoms with Gasteiger partial charge in [0.05, 0.1) is 7.11 Å². The van der Waals surface area contributed by atoms with Crippen LogP contribution in [0.15, 0.2) is 0 Å². The van der Waals surface area contributed by atoms with Crippen LogP contribution in [0, 0.1) is 0 Å². The van der Waals surface area contributed by atoms with E-state index in [2.05, 4.69) is 46.0 Å². The van der Waals surface area contributed by atoms with Gasteiger partial charge >= 0.3 is 0 Å². The summed E-state index contributed by atoms with van der Waals surface area (Å²) in [6.07, 6.45) is 0. The molecule has 0 aromatic rings. The summed E-state index contributed by atoms with van der Waals surface area (Å²) >= 11 is 0. The van der Waals surface area contributed by atoms with Crippen molar-refractivity contribution in [2.45, 2.75) is 0 Å². The van der Waals surface area contributed by atoms with E-state index in [9.17, 15) is 0 Å². The van der Waals surface area contributed by atoms with Crippen LogP contribution in [0.5, 0.6) is 0 Å². The van der Waals surface area contributed by atoms with Crippen molar-refractivity contribution < 1.29 is 40.1 Å². The first-order valence-corrected chi connectivity index (χ1v) is 1.81.